The van der Waals surface area contributed by atoms with Crippen LogP contribution in [0.3, 0.4) is 0 Å². The van der Waals surface area contributed by atoms with Gasteiger partial charge in [0.15, 0.2) is 5.82 Å². The van der Waals surface area contributed by atoms with Crippen LogP contribution in [0.5, 0.6) is 0 Å². The van der Waals surface area contributed by atoms with Crippen molar-refractivity contribution >= 4 is 21.9 Å². The molecule has 2 aliphatic carbocycles. The molecule has 3 unspecified atom stereocenters. The Labute approximate surface area is 361 Å². The molecule has 0 saturated carbocycles. The monoisotopic (exact) mass is 792 g/mol. The van der Waals surface area contributed by atoms with Crippen LogP contribution in [0, 0.1) is 5.92 Å². The van der Waals surface area contributed by atoms with Crippen LogP contribution >= 0.6 is 0 Å². The van der Waals surface area contributed by atoms with Crippen molar-refractivity contribution < 1.29 is 4.42 Å². The van der Waals surface area contributed by atoms with Gasteiger partial charge in [0.1, 0.15) is 11.2 Å². The van der Waals surface area contributed by atoms with Crippen molar-refractivity contribution in [3.8, 4) is 56.2 Å². The van der Waals surface area contributed by atoms with Crippen molar-refractivity contribution in [2.45, 2.75) is 11.3 Å². The molecule has 8 aromatic carbocycles. The molecule has 0 N–H and O–H groups in total. The maximum atomic E-state index is 6.15. The highest BCUT2D eigenvalue weighted by Gasteiger charge is 2.52. The molecule has 0 aliphatic heterocycles. The molecule has 0 bridgehead atoms. The topological polar surface area (TPSA) is 38.9 Å². The van der Waals surface area contributed by atoms with E-state index in [1.54, 1.807) is 0 Å². The van der Waals surface area contributed by atoms with Gasteiger partial charge in [-0.1, -0.05) is 200 Å². The van der Waals surface area contributed by atoms with Gasteiger partial charge in [-0.25, -0.2) is 9.97 Å². The van der Waals surface area contributed by atoms with E-state index in [-0.39, 0.29) is 11.3 Å². The van der Waals surface area contributed by atoms with Gasteiger partial charge in [0.2, 0.25) is 0 Å². The molecule has 2 heterocycles. The number of allylic oxidation sites excluding steroid dienone is 4. The smallest absolute Gasteiger partial charge is 0.160 e. The van der Waals surface area contributed by atoms with Gasteiger partial charge in [0, 0.05) is 39.3 Å². The highest BCUT2D eigenvalue weighted by atomic mass is 16.3. The number of para-hydroxylation sites is 1. The molecule has 2 aromatic heterocycles. The second-order valence-corrected chi connectivity index (χ2v) is 16.4. The summed E-state index contributed by atoms with van der Waals surface area (Å²) in [6, 6.07) is 73.9. The Morgan fingerprint density at radius 3 is 1.90 bits per heavy atom. The molecule has 0 amide bonds. The van der Waals surface area contributed by atoms with E-state index in [1.165, 1.54) is 22.3 Å². The Kier molecular flexibility index (Phi) is 8.53. The van der Waals surface area contributed by atoms with E-state index in [4.69, 9.17) is 14.4 Å². The van der Waals surface area contributed by atoms with Crippen LogP contribution in [0.15, 0.2) is 235 Å². The van der Waals surface area contributed by atoms with E-state index in [2.05, 4.69) is 200 Å². The molecular formula is C59H40N2O. The Bertz CT molecular complexity index is 3360. The summed E-state index contributed by atoms with van der Waals surface area (Å²) in [6.07, 6.45) is 9.25. The number of fused-ring (bicyclic) bond motifs is 6. The second kappa shape index (κ2) is 14.7. The van der Waals surface area contributed by atoms with E-state index in [0.717, 1.165) is 72.3 Å². The third kappa shape index (κ3) is 5.81. The highest BCUT2D eigenvalue weighted by molar-refractivity contribution is 6.06. The lowest BCUT2D eigenvalue weighted by molar-refractivity contribution is 0.457. The number of aromatic nitrogens is 2. The van der Waals surface area contributed by atoms with E-state index < -0.39 is 0 Å². The fourth-order valence-corrected chi connectivity index (χ4v) is 10.3. The number of benzene rings is 8. The van der Waals surface area contributed by atoms with Crippen molar-refractivity contribution in [1.29, 1.82) is 0 Å². The van der Waals surface area contributed by atoms with E-state index in [1.807, 2.05) is 30.3 Å². The van der Waals surface area contributed by atoms with E-state index in [0.29, 0.717) is 11.7 Å². The van der Waals surface area contributed by atoms with Crippen molar-refractivity contribution in [1.82, 2.24) is 9.97 Å². The lowest BCUT2D eigenvalue weighted by Crippen LogP contribution is -2.35. The first-order chi connectivity index (χ1) is 30.7. The zero-order chi connectivity index (χ0) is 41.0. The van der Waals surface area contributed by atoms with Crippen LogP contribution in [0.25, 0.3) is 78.1 Å². The minimum Gasteiger partial charge on any atom is -0.456 e. The standard InChI is InChI=1S/C59H40N2O/c1-3-16-40(17-4-1)58-60-54(43-19-15-18-41(36-43)42-32-35-57-51(37-42)50-26-11-14-29-56(50)62-57)38-55(61-58)49-25-8-7-22-46(49)39-30-33-45(34-31-39)59(44-20-5-2-6-21-44)52-27-12-9-23-47(52)48-24-10-13-28-53(48)59/h1-38,47,52H. The number of furan rings is 1. The molecular weight excluding hydrogens is 753 g/mol. The highest BCUT2D eigenvalue weighted by Crippen LogP contribution is 2.59. The van der Waals surface area contributed by atoms with E-state index in [9.17, 15) is 0 Å². The molecule has 10 aromatic rings. The summed E-state index contributed by atoms with van der Waals surface area (Å²) >= 11 is 0. The van der Waals surface area contributed by atoms with Crippen LogP contribution in [-0.2, 0) is 5.41 Å². The summed E-state index contributed by atoms with van der Waals surface area (Å²) in [5.41, 5.74) is 16.1. The first-order valence-corrected chi connectivity index (χ1v) is 21.4. The van der Waals surface area contributed by atoms with Gasteiger partial charge in [-0.05, 0) is 74.8 Å². The van der Waals surface area contributed by atoms with Crippen LogP contribution in [-0.4, -0.2) is 9.97 Å². The van der Waals surface area contributed by atoms with Crippen molar-refractivity contribution in [2.75, 3.05) is 0 Å². The number of nitrogens with zero attached hydrogens (tertiary/aromatic N) is 2. The molecule has 3 atom stereocenters. The molecule has 0 radical (unpaired) electrons. The fraction of sp³-hybridized carbons (Fsp3) is 0.0508. The average Bonchev–Trinajstić information content (AvgIpc) is 3.88. The fourth-order valence-electron chi connectivity index (χ4n) is 10.3. The third-order valence-corrected chi connectivity index (χ3v) is 13.1. The summed E-state index contributed by atoms with van der Waals surface area (Å²) in [5.74, 6) is 1.26. The lowest BCUT2D eigenvalue weighted by Gasteiger charge is -2.39. The average molecular weight is 793 g/mol. The summed E-state index contributed by atoms with van der Waals surface area (Å²) in [7, 11) is 0. The first kappa shape index (κ1) is 36.0. The number of hydrogen-bond acceptors (Lipinski definition) is 3. The van der Waals surface area contributed by atoms with Gasteiger partial charge in [0.05, 0.1) is 16.8 Å². The molecule has 62 heavy (non-hydrogen) atoms. The van der Waals surface area contributed by atoms with Gasteiger partial charge in [-0.3, -0.25) is 0 Å². The van der Waals surface area contributed by atoms with E-state index >= 15 is 0 Å². The molecule has 292 valence electrons. The minimum absolute atomic E-state index is 0.258. The van der Waals surface area contributed by atoms with Crippen molar-refractivity contribution in [3.05, 3.63) is 253 Å². The zero-order valence-corrected chi connectivity index (χ0v) is 33.9. The maximum absolute atomic E-state index is 6.15. The second-order valence-electron chi connectivity index (χ2n) is 16.4. The largest absolute Gasteiger partial charge is 0.456 e. The Hall–Kier alpha value is -7.88. The maximum Gasteiger partial charge on any atom is 0.160 e. The normalized spacial score (nSPS) is 17.6. The first-order valence-electron chi connectivity index (χ1n) is 21.4. The molecule has 0 saturated heterocycles. The minimum atomic E-state index is -0.333. The molecule has 2 aliphatic rings. The molecule has 12 rings (SSSR count). The molecule has 0 spiro atoms. The van der Waals surface area contributed by atoms with Crippen LogP contribution in [0.1, 0.15) is 28.2 Å². The molecule has 3 heteroatoms. The number of hydrogen-bond donors (Lipinski definition) is 0. The Morgan fingerprint density at radius 2 is 1.03 bits per heavy atom. The Balaban J connectivity index is 0.970. The zero-order valence-electron chi connectivity index (χ0n) is 33.9. The van der Waals surface area contributed by atoms with Gasteiger partial charge in [-0.2, -0.15) is 0 Å². The van der Waals surface area contributed by atoms with Crippen LogP contribution in [0.4, 0.5) is 0 Å². The SMILES string of the molecule is C1=CC2c3ccccc3C(c3ccccc3)(c3ccc(-c4ccccc4-c4cc(-c5cccc(-c6ccc7oc8ccccc8c7c6)c5)nc(-c5ccccc5)n4)cc3)C2C=C1. The van der Waals surface area contributed by atoms with Crippen molar-refractivity contribution in [2.24, 2.45) is 5.92 Å². The van der Waals surface area contributed by atoms with Crippen LogP contribution < -0.4 is 0 Å². The van der Waals surface area contributed by atoms with Crippen LogP contribution in [0.2, 0.25) is 0 Å². The van der Waals surface area contributed by atoms with Crippen molar-refractivity contribution in [3.63, 3.8) is 0 Å². The van der Waals surface area contributed by atoms with Gasteiger partial charge < -0.3 is 4.42 Å². The number of rotatable bonds is 7. The summed E-state index contributed by atoms with van der Waals surface area (Å²) < 4.78 is 6.15. The summed E-state index contributed by atoms with van der Waals surface area (Å²) in [5, 5.41) is 2.23. The third-order valence-electron chi connectivity index (χ3n) is 13.1. The quantitative estimate of drug-likeness (QED) is 0.161. The summed E-state index contributed by atoms with van der Waals surface area (Å²) in [4.78, 5) is 10.5. The summed E-state index contributed by atoms with van der Waals surface area (Å²) in [6.45, 7) is 0. The predicted molar refractivity (Wildman–Crippen MR) is 254 cm³/mol. The molecule has 3 nitrogen and oxygen atoms in total. The van der Waals surface area contributed by atoms with Gasteiger partial charge in [-0.15, -0.1) is 0 Å². The van der Waals surface area contributed by atoms with Gasteiger partial charge in [0.25, 0.3) is 0 Å². The predicted octanol–water partition coefficient (Wildman–Crippen LogP) is 14.9. The van der Waals surface area contributed by atoms with Gasteiger partial charge >= 0.3 is 0 Å². The Morgan fingerprint density at radius 1 is 0.403 bits per heavy atom. The lowest BCUT2D eigenvalue weighted by atomic mass is 9.63. The molecule has 0 fully saturated rings.